The van der Waals surface area contributed by atoms with Gasteiger partial charge in [0.05, 0.1) is 29.6 Å². The van der Waals surface area contributed by atoms with Gasteiger partial charge >= 0.3 is 0 Å². The summed E-state index contributed by atoms with van der Waals surface area (Å²) in [5.74, 6) is 6.54. The van der Waals surface area contributed by atoms with Gasteiger partial charge in [0.15, 0.2) is 5.65 Å². The maximum absolute atomic E-state index is 12.4. The molecule has 1 aromatic carbocycles. The molecule has 0 spiro atoms. The van der Waals surface area contributed by atoms with Crippen molar-refractivity contribution in [2.24, 2.45) is 0 Å². The van der Waals surface area contributed by atoms with Crippen molar-refractivity contribution < 1.29 is 9.53 Å². The zero-order valence-corrected chi connectivity index (χ0v) is 19.7. The number of amides is 1. The first kappa shape index (κ1) is 22.6. The molecule has 2 N–H and O–H groups in total. The highest BCUT2D eigenvalue weighted by Gasteiger charge is 2.37. The maximum Gasteiger partial charge on any atom is 0.246 e. The second-order valence-corrected chi connectivity index (χ2v) is 8.45. The maximum atomic E-state index is 12.4. The summed E-state index contributed by atoms with van der Waals surface area (Å²) < 4.78 is 9.05. The van der Waals surface area contributed by atoms with Gasteiger partial charge in [0, 0.05) is 37.3 Å². The van der Waals surface area contributed by atoms with Crippen LogP contribution in [0.15, 0.2) is 43.4 Å². The number of ether oxygens (including phenoxy) is 1. The number of nitrogens with two attached hydrogens (primary N) is 1. The molecule has 0 unspecified atom stereocenters. The molecule has 4 aromatic rings. The molecule has 0 aliphatic carbocycles. The van der Waals surface area contributed by atoms with Gasteiger partial charge in [0.25, 0.3) is 0 Å². The van der Waals surface area contributed by atoms with Crippen LogP contribution in [0.3, 0.4) is 0 Å². The summed E-state index contributed by atoms with van der Waals surface area (Å²) >= 11 is 0. The normalized spacial score (nSPS) is 17.6. The summed E-state index contributed by atoms with van der Waals surface area (Å²) in [5, 5.41) is 10.9. The molecule has 10 nitrogen and oxygen atoms in total. The van der Waals surface area contributed by atoms with Gasteiger partial charge in [0.2, 0.25) is 5.91 Å². The molecular formula is C25H26N8O2. The van der Waals surface area contributed by atoms with Crippen molar-refractivity contribution in [1.82, 2.24) is 34.4 Å². The number of hydrogen-bond donors (Lipinski definition) is 1. The first-order valence-corrected chi connectivity index (χ1v) is 11.4. The van der Waals surface area contributed by atoms with Crippen LogP contribution in [0, 0.1) is 11.8 Å². The van der Waals surface area contributed by atoms with Crippen molar-refractivity contribution in [3.63, 3.8) is 0 Å². The lowest BCUT2D eigenvalue weighted by Gasteiger charge is -2.22. The molecule has 4 heterocycles. The Bertz CT molecular complexity index is 1490. The number of rotatable bonds is 5. The lowest BCUT2D eigenvalue weighted by Crippen LogP contribution is -2.37. The monoisotopic (exact) mass is 470 g/mol. The van der Waals surface area contributed by atoms with Gasteiger partial charge in [-0.15, -0.1) is 0 Å². The van der Waals surface area contributed by atoms with Gasteiger partial charge in [-0.3, -0.25) is 9.48 Å². The number of likely N-dealkylation sites (tertiary alicyclic amines) is 1. The van der Waals surface area contributed by atoms with Crippen LogP contribution in [0.2, 0.25) is 0 Å². The molecule has 35 heavy (non-hydrogen) atoms. The molecule has 1 saturated heterocycles. The predicted molar refractivity (Wildman–Crippen MR) is 132 cm³/mol. The SMILES string of the molecule is C=CC(=O)N1C[C@@H](n2nc(C#Cc3ccc4nn(CC)cc4c3)c3c(N)ncnc32)C[C@@H]1COC. The Hall–Kier alpha value is -4.23. The Kier molecular flexibility index (Phi) is 5.93. The third-order valence-electron chi connectivity index (χ3n) is 6.27. The number of aromatic nitrogens is 6. The number of aryl methyl sites for hydroxylation is 1. The fourth-order valence-electron chi connectivity index (χ4n) is 4.59. The number of methoxy groups -OCH3 is 1. The van der Waals surface area contributed by atoms with E-state index in [-0.39, 0.29) is 18.0 Å². The van der Waals surface area contributed by atoms with E-state index in [0.29, 0.717) is 42.1 Å². The van der Waals surface area contributed by atoms with Crippen molar-refractivity contribution in [1.29, 1.82) is 0 Å². The Morgan fingerprint density at radius 3 is 2.94 bits per heavy atom. The smallest absolute Gasteiger partial charge is 0.246 e. The molecule has 178 valence electrons. The number of carbonyl (C=O) groups excluding carboxylic acids is 1. The van der Waals surface area contributed by atoms with E-state index in [4.69, 9.17) is 15.6 Å². The molecule has 0 saturated carbocycles. The van der Waals surface area contributed by atoms with Crippen LogP contribution in [-0.2, 0) is 16.1 Å². The first-order valence-electron chi connectivity index (χ1n) is 11.4. The number of nitrogen functional groups attached to an aromatic ring is 1. The Labute approximate surface area is 202 Å². The predicted octanol–water partition coefficient (Wildman–Crippen LogP) is 2.15. The van der Waals surface area contributed by atoms with E-state index < -0.39 is 0 Å². The van der Waals surface area contributed by atoms with Gasteiger partial charge < -0.3 is 15.4 Å². The first-order chi connectivity index (χ1) is 17.0. The summed E-state index contributed by atoms with van der Waals surface area (Å²) in [6.45, 7) is 7.37. The summed E-state index contributed by atoms with van der Waals surface area (Å²) in [6.07, 6.45) is 5.41. The van der Waals surface area contributed by atoms with Crippen LogP contribution in [0.1, 0.15) is 30.6 Å². The van der Waals surface area contributed by atoms with Crippen LogP contribution in [0.25, 0.3) is 21.9 Å². The van der Waals surface area contributed by atoms with E-state index in [0.717, 1.165) is 23.0 Å². The topological polar surface area (TPSA) is 117 Å². The fraction of sp³-hybridized carbons (Fsp3) is 0.320. The third-order valence-corrected chi connectivity index (χ3v) is 6.27. The number of benzene rings is 1. The molecule has 2 atom stereocenters. The molecule has 1 fully saturated rings. The van der Waals surface area contributed by atoms with Gasteiger partial charge in [-0.25, -0.2) is 14.6 Å². The van der Waals surface area contributed by atoms with E-state index in [1.165, 1.54) is 12.4 Å². The zero-order valence-electron chi connectivity index (χ0n) is 19.7. The number of anilines is 1. The summed E-state index contributed by atoms with van der Waals surface area (Å²) in [5.41, 5.74) is 9.08. The number of nitrogens with zero attached hydrogens (tertiary/aromatic N) is 7. The minimum absolute atomic E-state index is 0.0840. The van der Waals surface area contributed by atoms with Crippen molar-refractivity contribution in [2.45, 2.75) is 32.0 Å². The van der Waals surface area contributed by atoms with Gasteiger partial charge in [-0.2, -0.15) is 10.2 Å². The quantitative estimate of drug-likeness (QED) is 0.351. The second kappa shape index (κ2) is 9.19. The average molecular weight is 471 g/mol. The standard InChI is InChI=1S/C25H26N8O2/c1-4-22(34)32-13-18(11-19(32)14-35-3)33-25-23(24(26)27-15-28-25)21(30-33)9-7-16-6-8-20-17(10-16)12-31(5-2)29-20/h4,6,8,10,12,15,18-19H,1,5,11,13-14H2,2-3H3,(H2,26,27,28)/t18-,19+/m0/s1. The van der Waals surface area contributed by atoms with Crippen molar-refractivity contribution in [3.8, 4) is 11.8 Å². The van der Waals surface area contributed by atoms with Crippen molar-refractivity contribution in [2.75, 3.05) is 26.0 Å². The van der Waals surface area contributed by atoms with Gasteiger partial charge in [0.1, 0.15) is 17.8 Å². The summed E-state index contributed by atoms with van der Waals surface area (Å²) in [7, 11) is 1.62. The Morgan fingerprint density at radius 1 is 1.31 bits per heavy atom. The van der Waals surface area contributed by atoms with E-state index in [1.54, 1.807) is 12.0 Å². The van der Waals surface area contributed by atoms with Crippen LogP contribution >= 0.6 is 0 Å². The summed E-state index contributed by atoms with van der Waals surface area (Å²) in [6, 6.07) is 5.71. The molecule has 10 heteroatoms. The fourth-order valence-corrected chi connectivity index (χ4v) is 4.59. The van der Waals surface area contributed by atoms with Crippen LogP contribution in [-0.4, -0.2) is 66.6 Å². The summed E-state index contributed by atoms with van der Waals surface area (Å²) in [4.78, 5) is 22.8. The minimum Gasteiger partial charge on any atom is -0.383 e. The van der Waals surface area contributed by atoms with Crippen molar-refractivity contribution >= 4 is 33.7 Å². The largest absolute Gasteiger partial charge is 0.383 e. The molecule has 0 bridgehead atoms. The van der Waals surface area contributed by atoms with Crippen LogP contribution < -0.4 is 5.73 Å². The molecule has 3 aromatic heterocycles. The van der Waals surface area contributed by atoms with E-state index >= 15 is 0 Å². The highest BCUT2D eigenvalue weighted by molar-refractivity contribution is 5.91. The molecule has 5 rings (SSSR count). The van der Waals surface area contributed by atoms with E-state index in [1.807, 2.05) is 33.8 Å². The van der Waals surface area contributed by atoms with E-state index in [2.05, 4.69) is 40.4 Å². The highest BCUT2D eigenvalue weighted by atomic mass is 16.5. The number of fused-ring (bicyclic) bond motifs is 2. The molecular weight excluding hydrogens is 444 g/mol. The molecule has 1 amide bonds. The second-order valence-electron chi connectivity index (χ2n) is 8.45. The van der Waals surface area contributed by atoms with E-state index in [9.17, 15) is 4.79 Å². The highest BCUT2D eigenvalue weighted by Crippen LogP contribution is 2.32. The lowest BCUT2D eigenvalue weighted by molar-refractivity contribution is -0.127. The zero-order chi connectivity index (χ0) is 24.5. The van der Waals surface area contributed by atoms with Gasteiger partial charge in [-0.05, 0) is 43.5 Å². The number of carbonyl (C=O) groups is 1. The molecule has 1 aliphatic rings. The van der Waals surface area contributed by atoms with Gasteiger partial charge in [-0.1, -0.05) is 12.5 Å². The minimum atomic E-state index is -0.137. The third kappa shape index (κ3) is 4.11. The lowest BCUT2D eigenvalue weighted by atomic mass is 10.1. The molecule has 1 aliphatic heterocycles. The Morgan fingerprint density at radius 2 is 2.17 bits per heavy atom. The molecule has 0 radical (unpaired) electrons. The number of hydrogen-bond acceptors (Lipinski definition) is 7. The van der Waals surface area contributed by atoms with Crippen LogP contribution in [0.5, 0.6) is 0 Å². The van der Waals surface area contributed by atoms with Crippen LogP contribution in [0.4, 0.5) is 5.82 Å². The van der Waals surface area contributed by atoms with Crippen molar-refractivity contribution in [3.05, 3.63) is 54.6 Å². The Balaban J connectivity index is 1.53. The average Bonchev–Trinajstić information content (AvgIpc) is 3.57.